The van der Waals surface area contributed by atoms with E-state index in [9.17, 15) is 4.79 Å². The Kier molecular flexibility index (Phi) is 2.99. The fraction of sp³-hybridized carbons (Fsp3) is 0.667. The summed E-state index contributed by atoms with van der Waals surface area (Å²) in [5.74, 6) is -0.160. The van der Waals surface area contributed by atoms with Crippen LogP contribution in [0.4, 0.5) is 0 Å². The molecule has 2 heterocycles. The quantitative estimate of drug-likeness (QED) is 0.852. The van der Waals surface area contributed by atoms with Crippen LogP contribution >= 0.6 is 0 Å². The molecule has 88 valence electrons. The van der Waals surface area contributed by atoms with Crippen molar-refractivity contribution in [3.8, 4) is 0 Å². The zero-order valence-electron chi connectivity index (χ0n) is 9.86. The van der Waals surface area contributed by atoms with E-state index in [0.717, 1.165) is 43.6 Å². The minimum atomic E-state index is -0.904. The molecule has 0 fully saturated rings. The first-order chi connectivity index (χ1) is 7.59. The van der Waals surface area contributed by atoms with Crippen LogP contribution in [0.3, 0.4) is 0 Å². The smallest absolute Gasteiger partial charge is 0.372 e. The molecule has 0 unspecified atom stereocenters. The SMILES string of the molecule is CC(C)Cc1nc(C(=O)O)n2c1CCCC2. The molecule has 1 aliphatic rings. The Hall–Kier alpha value is -1.32. The number of carboxylic acid groups (broad SMARTS) is 1. The maximum absolute atomic E-state index is 11.1. The number of fused-ring (bicyclic) bond motifs is 1. The van der Waals surface area contributed by atoms with E-state index in [2.05, 4.69) is 18.8 Å². The highest BCUT2D eigenvalue weighted by atomic mass is 16.4. The molecular weight excluding hydrogens is 204 g/mol. The molecule has 0 radical (unpaired) electrons. The molecule has 0 bridgehead atoms. The van der Waals surface area contributed by atoms with Crippen LogP contribution in [0.1, 0.15) is 48.7 Å². The van der Waals surface area contributed by atoms with E-state index in [0.29, 0.717) is 5.92 Å². The van der Waals surface area contributed by atoms with Crippen LogP contribution in [0.15, 0.2) is 0 Å². The van der Waals surface area contributed by atoms with Crippen molar-refractivity contribution in [1.82, 2.24) is 9.55 Å². The van der Waals surface area contributed by atoms with Gasteiger partial charge in [-0.1, -0.05) is 13.8 Å². The predicted molar refractivity (Wildman–Crippen MR) is 60.7 cm³/mol. The van der Waals surface area contributed by atoms with E-state index in [-0.39, 0.29) is 5.82 Å². The lowest BCUT2D eigenvalue weighted by Crippen LogP contribution is -2.16. The first kappa shape index (κ1) is 11.2. The summed E-state index contributed by atoms with van der Waals surface area (Å²) in [6.07, 6.45) is 4.06. The number of imidazole rings is 1. The zero-order chi connectivity index (χ0) is 11.7. The number of carboxylic acids is 1. The Bertz CT molecular complexity index is 407. The van der Waals surface area contributed by atoms with Gasteiger partial charge in [0.25, 0.3) is 0 Å². The minimum Gasteiger partial charge on any atom is -0.475 e. The van der Waals surface area contributed by atoms with Gasteiger partial charge in [-0.25, -0.2) is 9.78 Å². The molecule has 0 saturated heterocycles. The van der Waals surface area contributed by atoms with E-state index in [1.54, 1.807) is 0 Å². The van der Waals surface area contributed by atoms with Gasteiger partial charge >= 0.3 is 5.97 Å². The molecule has 2 rings (SSSR count). The number of aromatic carboxylic acids is 1. The van der Waals surface area contributed by atoms with Crippen LogP contribution in [-0.2, 0) is 19.4 Å². The Labute approximate surface area is 95.3 Å². The van der Waals surface area contributed by atoms with Crippen LogP contribution in [0.25, 0.3) is 0 Å². The van der Waals surface area contributed by atoms with Gasteiger partial charge in [0.2, 0.25) is 5.82 Å². The highest BCUT2D eigenvalue weighted by Crippen LogP contribution is 2.22. The molecule has 0 spiro atoms. The Balaban J connectivity index is 2.42. The van der Waals surface area contributed by atoms with Crippen LogP contribution in [0, 0.1) is 5.92 Å². The lowest BCUT2D eigenvalue weighted by molar-refractivity contribution is 0.0676. The van der Waals surface area contributed by atoms with Gasteiger partial charge in [-0.05, 0) is 31.6 Å². The second kappa shape index (κ2) is 4.28. The van der Waals surface area contributed by atoms with E-state index in [1.165, 1.54) is 0 Å². The summed E-state index contributed by atoms with van der Waals surface area (Å²) in [7, 11) is 0. The number of rotatable bonds is 3. The molecule has 1 aliphatic heterocycles. The average molecular weight is 222 g/mol. The molecule has 0 saturated carbocycles. The van der Waals surface area contributed by atoms with Crippen molar-refractivity contribution in [3.05, 3.63) is 17.2 Å². The summed E-state index contributed by atoms with van der Waals surface area (Å²) >= 11 is 0. The van der Waals surface area contributed by atoms with Gasteiger partial charge in [0.15, 0.2) is 0 Å². The monoisotopic (exact) mass is 222 g/mol. The van der Waals surface area contributed by atoms with Gasteiger partial charge in [0.05, 0.1) is 5.69 Å². The third-order valence-electron chi connectivity index (χ3n) is 2.99. The molecule has 0 aliphatic carbocycles. The van der Waals surface area contributed by atoms with Crippen molar-refractivity contribution < 1.29 is 9.90 Å². The number of hydrogen-bond donors (Lipinski definition) is 1. The molecule has 4 heteroatoms. The molecule has 16 heavy (non-hydrogen) atoms. The maximum Gasteiger partial charge on any atom is 0.372 e. The average Bonchev–Trinajstić information content (AvgIpc) is 2.57. The molecule has 4 nitrogen and oxygen atoms in total. The van der Waals surface area contributed by atoms with Gasteiger partial charge in [-0.3, -0.25) is 0 Å². The summed E-state index contributed by atoms with van der Waals surface area (Å²) < 4.78 is 1.89. The highest BCUT2D eigenvalue weighted by Gasteiger charge is 2.23. The second-order valence-corrected chi connectivity index (χ2v) is 4.84. The van der Waals surface area contributed by atoms with E-state index in [1.807, 2.05) is 4.57 Å². The number of nitrogens with zero attached hydrogens (tertiary/aromatic N) is 2. The number of carbonyl (C=O) groups is 1. The Morgan fingerprint density at radius 2 is 2.25 bits per heavy atom. The largest absolute Gasteiger partial charge is 0.475 e. The van der Waals surface area contributed by atoms with Gasteiger partial charge in [-0.15, -0.1) is 0 Å². The first-order valence-corrected chi connectivity index (χ1v) is 5.91. The van der Waals surface area contributed by atoms with E-state index >= 15 is 0 Å². The summed E-state index contributed by atoms with van der Waals surface area (Å²) in [5, 5.41) is 9.10. The minimum absolute atomic E-state index is 0.227. The van der Waals surface area contributed by atoms with E-state index < -0.39 is 5.97 Å². The third-order valence-corrected chi connectivity index (χ3v) is 2.99. The molecule has 0 amide bonds. The van der Waals surface area contributed by atoms with Gasteiger partial charge in [0, 0.05) is 12.2 Å². The van der Waals surface area contributed by atoms with Gasteiger partial charge < -0.3 is 9.67 Å². The van der Waals surface area contributed by atoms with Crippen LogP contribution in [0.2, 0.25) is 0 Å². The van der Waals surface area contributed by atoms with Crippen molar-refractivity contribution in [2.45, 2.75) is 46.1 Å². The molecule has 1 N–H and O–H groups in total. The highest BCUT2D eigenvalue weighted by molar-refractivity contribution is 5.84. The lowest BCUT2D eigenvalue weighted by atomic mass is 10.0. The summed E-state index contributed by atoms with van der Waals surface area (Å²) in [6.45, 7) is 5.08. The summed E-state index contributed by atoms with van der Waals surface area (Å²) in [6, 6.07) is 0. The standard InChI is InChI=1S/C12H18N2O2/c1-8(2)7-9-10-5-3-4-6-14(10)11(13-9)12(15)16/h8H,3-7H2,1-2H3,(H,15,16). The predicted octanol–water partition coefficient (Wildman–Crippen LogP) is 2.12. The van der Waals surface area contributed by atoms with Crippen LogP contribution in [0.5, 0.6) is 0 Å². The first-order valence-electron chi connectivity index (χ1n) is 5.91. The normalized spacial score (nSPS) is 15.2. The summed E-state index contributed by atoms with van der Waals surface area (Å²) in [5.41, 5.74) is 2.14. The summed E-state index contributed by atoms with van der Waals surface area (Å²) in [4.78, 5) is 15.4. The number of aromatic nitrogens is 2. The molecule has 0 atom stereocenters. The lowest BCUT2D eigenvalue weighted by Gasteiger charge is -2.16. The molecular formula is C12H18N2O2. The molecule has 1 aromatic rings. The maximum atomic E-state index is 11.1. The molecule has 1 aromatic heterocycles. The Morgan fingerprint density at radius 3 is 2.88 bits per heavy atom. The third kappa shape index (κ3) is 1.96. The van der Waals surface area contributed by atoms with E-state index in [4.69, 9.17) is 5.11 Å². The van der Waals surface area contributed by atoms with Crippen molar-refractivity contribution in [1.29, 1.82) is 0 Å². The van der Waals surface area contributed by atoms with Crippen molar-refractivity contribution in [2.24, 2.45) is 5.92 Å². The fourth-order valence-corrected chi connectivity index (χ4v) is 2.33. The van der Waals surface area contributed by atoms with Crippen LogP contribution in [-0.4, -0.2) is 20.6 Å². The Morgan fingerprint density at radius 1 is 1.50 bits per heavy atom. The topological polar surface area (TPSA) is 55.1 Å². The second-order valence-electron chi connectivity index (χ2n) is 4.84. The molecule has 0 aromatic carbocycles. The number of hydrogen-bond acceptors (Lipinski definition) is 2. The van der Waals surface area contributed by atoms with Gasteiger partial charge in [-0.2, -0.15) is 0 Å². The van der Waals surface area contributed by atoms with Gasteiger partial charge in [0.1, 0.15) is 0 Å². The van der Waals surface area contributed by atoms with Crippen molar-refractivity contribution >= 4 is 5.97 Å². The van der Waals surface area contributed by atoms with Crippen molar-refractivity contribution in [3.63, 3.8) is 0 Å². The van der Waals surface area contributed by atoms with Crippen molar-refractivity contribution in [2.75, 3.05) is 0 Å². The van der Waals surface area contributed by atoms with Crippen LogP contribution < -0.4 is 0 Å². The fourth-order valence-electron chi connectivity index (χ4n) is 2.33. The zero-order valence-corrected chi connectivity index (χ0v) is 9.86.